The van der Waals surface area contributed by atoms with Crippen molar-refractivity contribution in [2.75, 3.05) is 13.1 Å². The Balaban J connectivity index is 2.29. The molecule has 1 heterocycles. The molecule has 1 N–H and O–H groups in total. The van der Waals surface area contributed by atoms with Crippen molar-refractivity contribution in [2.24, 2.45) is 5.92 Å². The first kappa shape index (κ1) is 16.4. The van der Waals surface area contributed by atoms with Crippen molar-refractivity contribution in [1.82, 2.24) is 10.2 Å². The molecule has 1 fully saturated rings. The standard InChI is InChI=1S/C18H29FN2/c1-6-18(5)12-21(17(11-20-18)13(2)3)14(4)15-9-7-8-10-16(15)19/h7-10,13-14,17,20H,6,11-12H2,1-5H3. The van der Waals surface area contributed by atoms with E-state index < -0.39 is 0 Å². The molecule has 0 saturated carbocycles. The Kier molecular flexibility index (Phi) is 5.05. The molecule has 0 radical (unpaired) electrons. The summed E-state index contributed by atoms with van der Waals surface area (Å²) >= 11 is 0. The van der Waals surface area contributed by atoms with Crippen LogP contribution in [0, 0.1) is 11.7 Å². The number of hydrogen-bond donors (Lipinski definition) is 1. The Bertz CT molecular complexity index is 474. The fourth-order valence-electron chi connectivity index (χ4n) is 3.32. The summed E-state index contributed by atoms with van der Waals surface area (Å²) in [6, 6.07) is 7.73. The van der Waals surface area contributed by atoms with Crippen molar-refractivity contribution in [3.63, 3.8) is 0 Å². The van der Waals surface area contributed by atoms with Crippen LogP contribution in [0.1, 0.15) is 52.6 Å². The molecule has 0 aliphatic carbocycles. The summed E-state index contributed by atoms with van der Waals surface area (Å²) in [5.41, 5.74) is 0.925. The van der Waals surface area contributed by atoms with Gasteiger partial charge < -0.3 is 5.32 Å². The third kappa shape index (κ3) is 3.46. The Morgan fingerprint density at radius 3 is 2.57 bits per heavy atom. The van der Waals surface area contributed by atoms with Gasteiger partial charge in [0.15, 0.2) is 0 Å². The highest BCUT2D eigenvalue weighted by atomic mass is 19.1. The Morgan fingerprint density at radius 1 is 1.33 bits per heavy atom. The first-order valence-electron chi connectivity index (χ1n) is 8.13. The number of nitrogens with one attached hydrogen (secondary N) is 1. The number of halogens is 1. The highest BCUT2D eigenvalue weighted by molar-refractivity contribution is 5.21. The first-order valence-corrected chi connectivity index (χ1v) is 8.13. The van der Waals surface area contributed by atoms with E-state index in [2.05, 4.69) is 44.8 Å². The van der Waals surface area contributed by atoms with Crippen LogP contribution in [0.4, 0.5) is 4.39 Å². The average Bonchev–Trinajstić information content (AvgIpc) is 2.46. The quantitative estimate of drug-likeness (QED) is 0.903. The highest BCUT2D eigenvalue weighted by Gasteiger charge is 2.38. The summed E-state index contributed by atoms with van der Waals surface area (Å²) in [4.78, 5) is 2.49. The Labute approximate surface area is 128 Å². The van der Waals surface area contributed by atoms with Gasteiger partial charge in [-0.1, -0.05) is 39.0 Å². The minimum atomic E-state index is -0.0933. The van der Waals surface area contributed by atoms with E-state index in [0.717, 1.165) is 25.1 Å². The van der Waals surface area contributed by atoms with Crippen LogP contribution in [0.5, 0.6) is 0 Å². The van der Waals surface area contributed by atoms with Gasteiger partial charge in [0.2, 0.25) is 0 Å². The van der Waals surface area contributed by atoms with Crippen LogP contribution >= 0.6 is 0 Å². The molecule has 1 saturated heterocycles. The average molecular weight is 292 g/mol. The number of rotatable bonds is 4. The van der Waals surface area contributed by atoms with Crippen LogP contribution in [0.2, 0.25) is 0 Å². The van der Waals surface area contributed by atoms with Gasteiger partial charge in [-0.15, -0.1) is 0 Å². The molecule has 0 aromatic heterocycles. The first-order chi connectivity index (χ1) is 9.88. The third-order valence-electron chi connectivity index (χ3n) is 5.10. The van der Waals surface area contributed by atoms with Gasteiger partial charge in [-0.2, -0.15) is 0 Å². The number of benzene rings is 1. The number of piperazine rings is 1. The molecule has 1 aromatic carbocycles. The van der Waals surface area contributed by atoms with E-state index in [1.165, 1.54) is 0 Å². The second-order valence-electron chi connectivity index (χ2n) is 6.98. The Hall–Kier alpha value is -0.930. The van der Waals surface area contributed by atoms with E-state index in [1.807, 2.05) is 12.1 Å². The second-order valence-corrected chi connectivity index (χ2v) is 6.98. The molecule has 21 heavy (non-hydrogen) atoms. The van der Waals surface area contributed by atoms with Crippen LogP contribution in [0.3, 0.4) is 0 Å². The van der Waals surface area contributed by atoms with Crippen LogP contribution in [0.15, 0.2) is 24.3 Å². The van der Waals surface area contributed by atoms with Crippen molar-refractivity contribution >= 4 is 0 Å². The fourth-order valence-corrected chi connectivity index (χ4v) is 3.32. The molecule has 1 aliphatic heterocycles. The lowest BCUT2D eigenvalue weighted by atomic mass is 9.87. The zero-order valence-electron chi connectivity index (χ0n) is 14.0. The molecule has 1 aromatic rings. The normalized spacial score (nSPS) is 28.8. The second kappa shape index (κ2) is 6.45. The maximum Gasteiger partial charge on any atom is 0.127 e. The molecule has 0 amide bonds. The summed E-state index contributed by atoms with van der Waals surface area (Å²) in [5.74, 6) is 0.456. The summed E-state index contributed by atoms with van der Waals surface area (Å²) in [6.45, 7) is 13.1. The van der Waals surface area contributed by atoms with Gasteiger partial charge in [-0.25, -0.2) is 4.39 Å². The zero-order valence-corrected chi connectivity index (χ0v) is 14.0. The zero-order chi connectivity index (χ0) is 15.6. The van der Waals surface area contributed by atoms with Crippen molar-refractivity contribution in [1.29, 1.82) is 0 Å². The van der Waals surface area contributed by atoms with Gasteiger partial charge in [0.05, 0.1) is 0 Å². The lowest BCUT2D eigenvalue weighted by molar-refractivity contribution is 0.0285. The molecule has 118 valence electrons. The largest absolute Gasteiger partial charge is 0.309 e. The minimum Gasteiger partial charge on any atom is -0.309 e. The summed E-state index contributed by atoms with van der Waals surface area (Å²) in [7, 11) is 0. The predicted octanol–water partition coefficient (Wildman–Crippen LogP) is 3.99. The molecule has 0 spiro atoms. The van der Waals surface area contributed by atoms with Gasteiger partial charge in [0.25, 0.3) is 0 Å². The van der Waals surface area contributed by atoms with E-state index >= 15 is 0 Å². The molecular formula is C18H29FN2. The van der Waals surface area contributed by atoms with Gasteiger partial charge >= 0.3 is 0 Å². The lowest BCUT2D eigenvalue weighted by Crippen LogP contribution is -2.64. The maximum atomic E-state index is 14.2. The van der Waals surface area contributed by atoms with Gasteiger partial charge in [-0.05, 0) is 32.3 Å². The summed E-state index contributed by atoms with van der Waals surface area (Å²) < 4.78 is 14.2. The third-order valence-corrected chi connectivity index (χ3v) is 5.10. The SMILES string of the molecule is CCC1(C)CN(C(C)c2ccccc2F)C(C(C)C)CN1. The van der Waals surface area contributed by atoms with Crippen molar-refractivity contribution in [3.8, 4) is 0 Å². The van der Waals surface area contributed by atoms with Crippen LogP contribution < -0.4 is 5.32 Å². The molecule has 2 rings (SSSR count). The van der Waals surface area contributed by atoms with Crippen molar-refractivity contribution in [3.05, 3.63) is 35.6 Å². The van der Waals surface area contributed by atoms with E-state index in [9.17, 15) is 4.39 Å². The van der Waals surface area contributed by atoms with E-state index in [0.29, 0.717) is 12.0 Å². The molecule has 2 nitrogen and oxygen atoms in total. The van der Waals surface area contributed by atoms with E-state index in [-0.39, 0.29) is 17.4 Å². The monoisotopic (exact) mass is 292 g/mol. The van der Waals surface area contributed by atoms with Crippen molar-refractivity contribution < 1.29 is 4.39 Å². The lowest BCUT2D eigenvalue weighted by Gasteiger charge is -2.50. The Morgan fingerprint density at radius 2 is 2.00 bits per heavy atom. The highest BCUT2D eigenvalue weighted by Crippen LogP contribution is 2.32. The van der Waals surface area contributed by atoms with E-state index in [1.54, 1.807) is 12.1 Å². The summed E-state index contributed by atoms with van der Waals surface area (Å²) in [6.07, 6.45) is 1.08. The predicted molar refractivity (Wildman–Crippen MR) is 86.8 cm³/mol. The number of nitrogens with zero attached hydrogens (tertiary/aromatic N) is 1. The van der Waals surface area contributed by atoms with Crippen LogP contribution in [-0.4, -0.2) is 29.6 Å². The molecule has 3 atom stereocenters. The van der Waals surface area contributed by atoms with Crippen LogP contribution in [0.25, 0.3) is 0 Å². The fraction of sp³-hybridized carbons (Fsp3) is 0.667. The van der Waals surface area contributed by atoms with E-state index in [4.69, 9.17) is 0 Å². The molecule has 3 heteroatoms. The maximum absolute atomic E-state index is 14.2. The molecular weight excluding hydrogens is 263 g/mol. The van der Waals surface area contributed by atoms with Crippen molar-refractivity contribution in [2.45, 2.75) is 58.7 Å². The van der Waals surface area contributed by atoms with Crippen LogP contribution in [-0.2, 0) is 0 Å². The topological polar surface area (TPSA) is 15.3 Å². The summed E-state index contributed by atoms with van der Waals surface area (Å²) in [5, 5.41) is 3.69. The van der Waals surface area contributed by atoms with Gasteiger partial charge in [0, 0.05) is 36.3 Å². The van der Waals surface area contributed by atoms with Gasteiger partial charge in [0.1, 0.15) is 5.82 Å². The number of hydrogen-bond acceptors (Lipinski definition) is 2. The smallest absolute Gasteiger partial charge is 0.127 e. The molecule has 1 aliphatic rings. The molecule has 0 bridgehead atoms. The minimum absolute atomic E-state index is 0.0933. The van der Waals surface area contributed by atoms with Gasteiger partial charge in [-0.3, -0.25) is 4.90 Å². The molecule has 3 unspecified atom stereocenters.